The third-order valence-electron chi connectivity index (χ3n) is 2.61. The van der Waals surface area contributed by atoms with Crippen LogP contribution in [0, 0.1) is 0 Å². The first-order chi connectivity index (χ1) is 6.65. The third-order valence-corrected chi connectivity index (χ3v) is 4.73. The summed E-state index contributed by atoms with van der Waals surface area (Å²) in [7, 11) is -0.745. The van der Waals surface area contributed by atoms with Crippen LogP contribution < -0.4 is 5.32 Å². The molecule has 0 spiro atoms. The molecule has 1 N–H and O–H groups in total. The minimum atomic E-state index is -0.745. The Labute approximate surface area is 89.1 Å². The fourth-order valence-electron chi connectivity index (χ4n) is 1.83. The molecule has 0 aromatic heterocycles. The maximum Gasteiger partial charge on any atom is 0.0691 e. The molecule has 0 aliphatic carbocycles. The average molecular weight is 219 g/mol. The van der Waals surface area contributed by atoms with Crippen LogP contribution in [0.5, 0.6) is 0 Å². The van der Waals surface area contributed by atoms with Gasteiger partial charge in [-0.05, 0) is 26.8 Å². The van der Waals surface area contributed by atoms with Crippen molar-refractivity contribution in [2.75, 3.05) is 18.9 Å². The minimum absolute atomic E-state index is 0.171. The van der Waals surface area contributed by atoms with Crippen LogP contribution in [0.3, 0.4) is 0 Å². The Hall–Kier alpha value is 0.0700. The van der Waals surface area contributed by atoms with Gasteiger partial charge in [-0.2, -0.15) is 0 Å². The highest BCUT2D eigenvalue weighted by Crippen LogP contribution is 2.19. The first-order valence-electron chi connectivity index (χ1n) is 5.37. The Balaban J connectivity index is 2.33. The van der Waals surface area contributed by atoms with Gasteiger partial charge in [-0.1, -0.05) is 6.92 Å². The molecule has 1 saturated heterocycles. The molecule has 1 rings (SSSR count). The van der Waals surface area contributed by atoms with Crippen LogP contribution in [0.4, 0.5) is 0 Å². The fraction of sp³-hybridized carbons (Fsp3) is 1.00. The molecule has 3 nitrogen and oxygen atoms in total. The predicted octanol–water partition coefficient (Wildman–Crippen LogP) is 0.911. The van der Waals surface area contributed by atoms with Crippen molar-refractivity contribution in [1.29, 1.82) is 0 Å². The molecular formula is C10H21NO2S. The van der Waals surface area contributed by atoms with Crippen LogP contribution in [0.2, 0.25) is 0 Å². The Bertz CT molecular complexity index is 199. The molecule has 4 unspecified atom stereocenters. The van der Waals surface area contributed by atoms with E-state index < -0.39 is 10.8 Å². The summed E-state index contributed by atoms with van der Waals surface area (Å²) in [6, 6.07) is 0.341. The van der Waals surface area contributed by atoms with Crippen molar-refractivity contribution in [3.63, 3.8) is 0 Å². The lowest BCUT2D eigenvalue weighted by Gasteiger charge is -2.17. The average Bonchev–Trinajstić information content (AvgIpc) is 2.51. The topological polar surface area (TPSA) is 38.3 Å². The van der Waals surface area contributed by atoms with Gasteiger partial charge in [0.25, 0.3) is 0 Å². The van der Waals surface area contributed by atoms with Gasteiger partial charge in [-0.3, -0.25) is 4.21 Å². The molecule has 1 aliphatic rings. The molecule has 84 valence electrons. The lowest BCUT2D eigenvalue weighted by atomic mass is 10.3. The zero-order valence-corrected chi connectivity index (χ0v) is 10.1. The second kappa shape index (κ2) is 5.83. The van der Waals surface area contributed by atoms with Crippen LogP contribution in [-0.2, 0) is 15.5 Å². The van der Waals surface area contributed by atoms with Gasteiger partial charge in [-0.15, -0.1) is 0 Å². The van der Waals surface area contributed by atoms with E-state index in [1.54, 1.807) is 0 Å². The molecule has 14 heavy (non-hydrogen) atoms. The maximum atomic E-state index is 11.9. The normalized spacial score (nSPS) is 31.6. The summed E-state index contributed by atoms with van der Waals surface area (Å²) in [4.78, 5) is 0. The van der Waals surface area contributed by atoms with E-state index in [1.807, 2.05) is 6.92 Å². The van der Waals surface area contributed by atoms with E-state index >= 15 is 0 Å². The van der Waals surface area contributed by atoms with Crippen molar-refractivity contribution >= 4 is 10.8 Å². The smallest absolute Gasteiger partial charge is 0.0691 e. The van der Waals surface area contributed by atoms with Gasteiger partial charge in [0.15, 0.2) is 0 Å². The summed E-state index contributed by atoms with van der Waals surface area (Å²) in [6.45, 7) is 7.89. The van der Waals surface area contributed by atoms with Gasteiger partial charge in [-0.25, -0.2) is 0 Å². The van der Waals surface area contributed by atoms with Crippen LogP contribution in [-0.4, -0.2) is 40.5 Å². The van der Waals surface area contributed by atoms with Crippen molar-refractivity contribution in [1.82, 2.24) is 5.32 Å². The van der Waals surface area contributed by atoms with Crippen LogP contribution in [0.1, 0.15) is 27.2 Å². The molecular weight excluding hydrogens is 198 g/mol. The van der Waals surface area contributed by atoms with Crippen LogP contribution in [0.25, 0.3) is 0 Å². The minimum Gasteiger partial charge on any atom is -0.377 e. The second-order valence-electron chi connectivity index (χ2n) is 3.91. The Morgan fingerprint density at radius 1 is 1.64 bits per heavy atom. The third kappa shape index (κ3) is 3.33. The Morgan fingerprint density at radius 3 is 2.86 bits per heavy atom. The highest BCUT2D eigenvalue weighted by Gasteiger charge is 2.29. The summed E-state index contributed by atoms with van der Waals surface area (Å²) in [5.74, 6) is 0.742. The molecule has 4 atom stereocenters. The highest BCUT2D eigenvalue weighted by molar-refractivity contribution is 7.85. The van der Waals surface area contributed by atoms with Crippen molar-refractivity contribution < 1.29 is 8.95 Å². The molecule has 0 radical (unpaired) electrons. The largest absolute Gasteiger partial charge is 0.377 e. The Kier molecular flexibility index (Phi) is 5.06. The van der Waals surface area contributed by atoms with Crippen molar-refractivity contribution in [2.45, 2.75) is 44.6 Å². The van der Waals surface area contributed by atoms with E-state index in [0.29, 0.717) is 6.04 Å². The summed E-state index contributed by atoms with van der Waals surface area (Å²) < 4.78 is 17.3. The first-order valence-corrected chi connectivity index (χ1v) is 6.75. The molecule has 0 bridgehead atoms. The second-order valence-corrected chi connectivity index (χ2v) is 5.61. The standard InChI is InChI=1S/C10H21NO2S/c1-4-11-8(2)7-14(12)10-5-6-13-9(10)3/h8-11H,4-7H2,1-3H3. The summed E-state index contributed by atoms with van der Waals surface area (Å²) in [5, 5.41) is 3.53. The lowest BCUT2D eigenvalue weighted by molar-refractivity contribution is 0.127. The number of ether oxygens (including phenoxy) is 1. The molecule has 1 fully saturated rings. The van der Waals surface area contributed by atoms with Crippen LogP contribution >= 0.6 is 0 Å². The van der Waals surface area contributed by atoms with E-state index in [4.69, 9.17) is 4.74 Å². The van der Waals surface area contributed by atoms with Crippen molar-refractivity contribution in [2.24, 2.45) is 0 Å². The zero-order valence-electron chi connectivity index (χ0n) is 9.29. The van der Waals surface area contributed by atoms with E-state index in [1.165, 1.54) is 0 Å². The molecule has 0 aromatic rings. The van der Waals surface area contributed by atoms with Gasteiger partial charge in [0, 0.05) is 29.2 Å². The summed E-state index contributed by atoms with van der Waals surface area (Å²) in [5.41, 5.74) is 0. The van der Waals surface area contributed by atoms with Gasteiger partial charge >= 0.3 is 0 Å². The van der Waals surface area contributed by atoms with Crippen LogP contribution in [0.15, 0.2) is 0 Å². The maximum absolute atomic E-state index is 11.9. The van der Waals surface area contributed by atoms with Gasteiger partial charge in [0.05, 0.1) is 11.4 Å². The van der Waals surface area contributed by atoms with Crippen molar-refractivity contribution in [3.05, 3.63) is 0 Å². The molecule has 4 heteroatoms. The van der Waals surface area contributed by atoms with E-state index in [9.17, 15) is 4.21 Å². The van der Waals surface area contributed by atoms with Crippen molar-refractivity contribution in [3.8, 4) is 0 Å². The summed E-state index contributed by atoms with van der Waals surface area (Å²) in [6.07, 6.45) is 1.12. The summed E-state index contributed by atoms with van der Waals surface area (Å²) >= 11 is 0. The van der Waals surface area contributed by atoms with Gasteiger partial charge in [0.1, 0.15) is 0 Å². The fourth-order valence-corrected chi connectivity index (χ4v) is 3.56. The number of hydrogen-bond acceptors (Lipinski definition) is 3. The first kappa shape index (κ1) is 12.1. The van der Waals surface area contributed by atoms with Gasteiger partial charge < -0.3 is 10.1 Å². The molecule has 0 aromatic carbocycles. The number of rotatable bonds is 5. The monoisotopic (exact) mass is 219 g/mol. The predicted molar refractivity (Wildman–Crippen MR) is 60.0 cm³/mol. The zero-order chi connectivity index (χ0) is 10.6. The molecule has 1 aliphatic heterocycles. The van der Waals surface area contributed by atoms with Gasteiger partial charge in [0.2, 0.25) is 0 Å². The quantitative estimate of drug-likeness (QED) is 0.747. The molecule has 0 saturated carbocycles. The highest BCUT2D eigenvalue weighted by atomic mass is 32.2. The molecule has 1 heterocycles. The number of nitrogens with one attached hydrogen (secondary N) is 1. The Morgan fingerprint density at radius 2 is 2.36 bits per heavy atom. The van der Waals surface area contributed by atoms with E-state index in [0.717, 1.165) is 25.3 Å². The lowest BCUT2D eigenvalue weighted by Crippen LogP contribution is -2.35. The molecule has 0 amide bonds. The number of hydrogen-bond donors (Lipinski definition) is 1. The van der Waals surface area contributed by atoms with E-state index in [-0.39, 0.29) is 11.4 Å². The van der Waals surface area contributed by atoms with E-state index in [2.05, 4.69) is 19.2 Å². The SMILES string of the molecule is CCNC(C)CS(=O)C1CCOC1C.